The fourth-order valence-electron chi connectivity index (χ4n) is 5.07. The Morgan fingerprint density at radius 2 is 2.03 bits per heavy atom. The highest BCUT2D eigenvalue weighted by molar-refractivity contribution is 5.77. The molecule has 29 heavy (non-hydrogen) atoms. The van der Waals surface area contributed by atoms with E-state index in [4.69, 9.17) is 4.42 Å². The number of fused-ring (bicyclic) bond motifs is 1. The molecule has 3 heterocycles. The fraction of sp³-hybridized carbons (Fsp3) is 0.500. The average Bonchev–Trinajstić information content (AvgIpc) is 3.23. The number of oxazole rings is 1. The Balaban J connectivity index is 1.67. The summed E-state index contributed by atoms with van der Waals surface area (Å²) in [6.45, 7) is 7.86. The summed E-state index contributed by atoms with van der Waals surface area (Å²) < 4.78 is 5.36. The van der Waals surface area contributed by atoms with Gasteiger partial charge in [-0.25, -0.2) is 4.98 Å². The molecule has 1 aromatic carbocycles. The molecule has 2 aliphatic rings. The molecule has 0 aliphatic carbocycles. The molecule has 0 saturated carbocycles. The molecule has 2 aromatic rings. The van der Waals surface area contributed by atoms with Gasteiger partial charge in [0.25, 0.3) is 0 Å². The number of piperidine rings is 1. The monoisotopic (exact) mass is 396 g/mol. The molecule has 0 unspecified atom stereocenters. The number of benzene rings is 1. The summed E-state index contributed by atoms with van der Waals surface area (Å²) in [5.74, 6) is 0.749. The van der Waals surface area contributed by atoms with Crippen LogP contribution in [0.5, 0.6) is 0 Å². The van der Waals surface area contributed by atoms with Crippen molar-refractivity contribution in [1.82, 2.24) is 20.1 Å². The number of nitrogens with one attached hydrogen (secondary N) is 1. The molecular weight excluding hydrogens is 368 g/mol. The number of aryl methyl sites for hydroxylation is 1. The molecule has 2 amide bonds. The maximum atomic E-state index is 12.6. The number of aromatic nitrogens is 1. The first kappa shape index (κ1) is 19.6. The van der Waals surface area contributed by atoms with Crippen molar-refractivity contribution in [2.45, 2.75) is 45.3 Å². The van der Waals surface area contributed by atoms with E-state index in [0.29, 0.717) is 19.0 Å². The number of hydrogen-bond acceptors (Lipinski definition) is 5. The van der Waals surface area contributed by atoms with Crippen LogP contribution < -0.4 is 5.32 Å². The lowest BCUT2D eigenvalue weighted by Gasteiger charge is -2.44. The molecule has 7 heteroatoms. The van der Waals surface area contributed by atoms with Crippen molar-refractivity contribution < 1.29 is 14.0 Å². The van der Waals surface area contributed by atoms with Gasteiger partial charge < -0.3 is 14.6 Å². The maximum Gasteiger partial charge on any atom is 0.220 e. The normalized spacial score (nSPS) is 26.9. The lowest BCUT2D eigenvalue weighted by Crippen LogP contribution is -2.60. The minimum atomic E-state index is -0.408. The van der Waals surface area contributed by atoms with E-state index in [0.717, 1.165) is 30.8 Å². The van der Waals surface area contributed by atoms with Gasteiger partial charge in [0, 0.05) is 52.9 Å². The summed E-state index contributed by atoms with van der Waals surface area (Å²) in [4.78, 5) is 33.4. The van der Waals surface area contributed by atoms with E-state index in [1.54, 1.807) is 20.1 Å². The molecule has 0 bridgehead atoms. The third kappa shape index (κ3) is 3.79. The van der Waals surface area contributed by atoms with Gasteiger partial charge in [-0.3, -0.25) is 14.5 Å². The summed E-state index contributed by atoms with van der Waals surface area (Å²) >= 11 is 0. The van der Waals surface area contributed by atoms with Gasteiger partial charge in [0.2, 0.25) is 11.8 Å². The van der Waals surface area contributed by atoms with Gasteiger partial charge in [0.1, 0.15) is 6.26 Å². The van der Waals surface area contributed by atoms with Crippen LogP contribution in [0.25, 0.3) is 0 Å². The highest BCUT2D eigenvalue weighted by atomic mass is 16.3. The second-order valence-corrected chi connectivity index (χ2v) is 8.29. The van der Waals surface area contributed by atoms with Gasteiger partial charge in [-0.2, -0.15) is 0 Å². The van der Waals surface area contributed by atoms with Gasteiger partial charge in [-0.05, 0) is 12.0 Å². The van der Waals surface area contributed by atoms with E-state index >= 15 is 0 Å². The highest BCUT2D eigenvalue weighted by Crippen LogP contribution is 2.47. The molecule has 4 rings (SSSR count). The highest BCUT2D eigenvalue weighted by Gasteiger charge is 2.56. The molecule has 1 N–H and O–H groups in total. The molecule has 1 aromatic heterocycles. The van der Waals surface area contributed by atoms with Gasteiger partial charge >= 0.3 is 0 Å². The maximum absolute atomic E-state index is 12.6. The van der Waals surface area contributed by atoms with Gasteiger partial charge in [0.05, 0.1) is 17.3 Å². The third-order valence-corrected chi connectivity index (χ3v) is 6.23. The molecule has 7 nitrogen and oxygen atoms in total. The fourth-order valence-corrected chi connectivity index (χ4v) is 5.07. The largest absolute Gasteiger partial charge is 0.449 e. The van der Waals surface area contributed by atoms with E-state index in [2.05, 4.69) is 27.3 Å². The van der Waals surface area contributed by atoms with Crippen molar-refractivity contribution in [2.75, 3.05) is 19.6 Å². The lowest BCUT2D eigenvalue weighted by molar-refractivity contribution is -0.130. The van der Waals surface area contributed by atoms with E-state index < -0.39 is 5.54 Å². The predicted octanol–water partition coefficient (Wildman–Crippen LogP) is 2.28. The number of rotatable bonds is 4. The lowest BCUT2D eigenvalue weighted by atomic mass is 9.75. The standard InChI is InChI=1S/C22H28N4O3/c1-15(27)24-22-9-10-25(11-19-13-29-16(2)23-19)12-20(22)21(26(14-22)17(3)28)18-7-5-4-6-8-18/h4-8,13,20-21H,9-12,14H2,1-3H3,(H,24,27)/t20-,21-,22-/m1/s1. The van der Waals surface area contributed by atoms with E-state index in [1.807, 2.05) is 30.0 Å². The number of amides is 2. The molecule has 154 valence electrons. The van der Waals surface area contributed by atoms with Gasteiger partial charge in [-0.15, -0.1) is 0 Å². The Hall–Kier alpha value is -2.67. The van der Waals surface area contributed by atoms with Crippen molar-refractivity contribution in [2.24, 2.45) is 5.92 Å². The number of likely N-dealkylation sites (tertiary alicyclic amines) is 2. The quantitative estimate of drug-likeness (QED) is 0.858. The topological polar surface area (TPSA) is 78.7 Å². The number of carbonyl (C=O) groups is 2. The minimum absolute atomic E-state index is 0.0386. The summed E-state index contributed by atoms with van der Waals surface area (Å²) in [6, 6.07) is 10.1. The van der Waals surface area contributed by atoms with Crippen LogP contribution in [-0.2, 0) is 16.1 Å². The summed E-state index contributed by atoms with van der Waals surface area (Å²) in [7, 11) is 0. The second kappa shape index (κ2) is 7.63. The van der Waals surface area contributed by atoms with Crippen LogP contribution in [0, 0.1) is 12.8 Å². The molecule has 0 spiro atoms. The SMILES string of the molecule is CC(=O)N[C@@]12CCN(Cc3coc(C)n3)C[C@@H]1[C@@H](c1ccccc1)N(C(C)=O)C2. The zero-order valence-corrected chi connectivity index (χ0v) is 17.2. The van der Waals surface area contributed by atoms with Crippen LogP contribution in [0.3, 0.4) is 0 Å². The van der Waals surface area contributed by atoms with E-state index in [-0.39, 0.29) is 23.8 Å². The zero-order chi connectivity index (χ0) is 20.6. The third-order valence-electron chi connectivity index (χ3n) is 6.23. The van der Waals surface area contributed by atoms with Gasteiger partial charge in [0.15, 0.2) is 5.89 Å². The average molecular weight is 396 g/mol. The van der Waals surface area contributed by atoms with Gasteiger partial charge in [-0.1, -0.05) is 30.3 Å². The molecule has 2 fully saturated rings. The Bertz CT molecular complexity index is 896. The smallest absolute Gasteiger partial charge is 0.220 e. The summed E-state index contributed by atoms with van der Waals surface area (Å²) in [5, 5.41) is 3.24. The van der Waals surface area contributed by atoms with E-state index in [1.165, 1.54) is 0 Å². The zero-order valence-electron chi connectivity index (χ0n) is 17.2. The second-order valence-electron chi connectivity index (χ2n) is 8.29. The Labute approximate surface area is 171 Å². The predicted molar refractivity (Wildman–Crippen MR) is 108 cm³/mol. The van der Waals surface area contributed by atoms with Crippen molar-refractivity contribution >= 4 is 11.8 Å². The number of hydrogen-bond donors (Lipinski definition) is 1. The first-order valence-electron chi connectivity index (χ1n) is 10.1. The molecule has 2 saturated heterocycles. The summed E-state index contributed by atoms with van der Waals surface area (Å²) in [5.41, 5.74) is 1.61. The summed E-state index contributed by atoms with van der Waals surface area (Å²) in [6.07, 6.45) is 2.50. The van der Waals surface area contributed by atoms with Crippen LogP contribution in [0.1, 0.15) is 43.5 Å². The molecular formula is C22H28N4O3. The van der Waals surface area contributed by atoms with Crippen LogP contribution in [0.15, 0.2) is 41.0 Å². The Morgan fingerprint density at radius 3 is 2.66 bits per heavy atom. The first-order valence-corrected chi connectivity index (χ1v) is 10.1. The number of nitrogens with zero attached hydrogens (tertiary/aromatic N) is 3. The van der Waals surface area contributed by atoms with Crippen LogP contribution in [0.2, 0.25) is 0 Å². The van der Waals surface area contributed by atoms with Crippen LogP contribution in [-0.4, -0.2) is 51.8 Å². The molecule has 0 radical (unpaired) electrons. The van der Waals surface area contributed by atoms with E-state index in [9.17, 15) is 9.59 Å². The molecule has 2 aliphatic heterocycles. The van der Waals surface area contributed by atoms with Crippen molar-refractivity contribution in [3.63, 3.8) is 0 Å². The first-order chi connectivity index (χ1) is 13.9. The van der Waals surface area contributed by atoms with Crippen molar-refractivity contribution in [1.29, 1.82) is 0 Å². The van der Waals surface area contributed by atoms with Crippen molar-refractivity contribution in [3.05, 3.63) is 53.7 Å². The Morgan fingerprint density at radius 1 is 1.28 bits per heavy atom. The Kier molecular flexibility index (Phi) is 5.17. The van der Waals surface area contributed by atoms with Crippen LogP contribution in [0.4, 0.5) is 0 Å². The van der Waals surface area contributed by atoms with Crippen molar-refractivity contribution in [3.8, 4) is 0 Å². The number of carbonyl (C=O) groups excluding carboxylic acids is 2. The minimum Gasteiger partial charge on any atom is -0.449 e. The van der Waals surface area contributed by atoms with Crippen LogP contribution >= 0.6 is 0 Å². The molecule has 3 atom stereocenters.